The Labute approximate surface area is 207 Å². The van der Waals surface area contributed by atoms with Crippen LogP contribution < -0.4 is 15.9 Å². The zero-order valence-electron chi connectivity index (χ0n) is 16.4. The molecule has 0 radical (unpaired) electrons. The average molecular weight is 558 g/mol. The molecule has 4 rings (SSSR count). The first-order chi connectivity index (χ1) is 15.0. The van der Waals surface area contributed by atoms with Gasteiger partial charge in [-0.15, -0.1) is 0 Å². The Hall–Kier alpha value is -1.01. The van der Waals surface area contributed by atoms with Crippen LogP contribution in [0.5, 0.6) is 0 Å². The summed E-state index contributed by atoms with van der Waals surface area (Å²) in [5, 5.41) is 4.98. The molecule has 165 valence electrons. The Bertz CT molecular complexity index is 944. The third kappa shape index (κ3) is 6.74. The molecule has 31 heavy (non-hydrogen) atoms. The van der Waals surface area contributed by atoms with E-state index in [0.29, 0.717) is 0 Å². The molecule has 0 unspecified atom stereocenters. The normalized spacial score (nSPS) is 11.3. The van der Waals surface area contributed by atoms with Gasteiger partial charge in [0.05, 0.1) is 6.16 Å². The van der Waals surface area contributed by atoms with E-state index in [1.807, 2.05) is 12.1 Å². The van der Waals surface area contributed by atoms with Crippen LogP contribution in [0.3, 0.4) is 0 Å². The molecule has 0 aliphatic heterocycles. The number of halogens is 4. The summed E-state index contributed by atoms with van der Waals surface area (Å²) in [6.07, 6.45) is 0.974. The van der Waals surface area contributed by atoms with Crippen molar-refractivity contribution in [2.75, 3.05) is 0 Å². The Kier molecular flexibility index (Phi) is 9.76. The second-order valence-electron chi connectivity index (χ2n) is 6.73. The molecule has 0 amide bonds. The van der Waals surface area contributed by atoms with Crippen molar-refractivity contribution in [3.05, 3.63) is 126 Å². The molecule has 0 heterocycles. The average Bonchev–Trinajstić information content (AvgIpc) is 2.80. The summed E-state index contributed by atoms with van der Waals surface area (Å²) in [7, 11) is 12.6. The zero-order valence-corrected chi connectivity index (χ0v) is 21.3. The van der Waals surface area contributed by atoms with Gasteiger partial charge in [0.15, 0.2) is 0 Å². The Morgan fingerprint density at radius 3 is 1.16 bits per heavy atom. The first-order valence-electron chi connectivity index (χ1n) is 9.42. The zero-order chi connectivity index (χ0) is 22.1. The fraction of sp³-hybridized carbons (Fsp3) is 0.0400. The van der Waals surface area contributed by atoms with Crippen molar-refractivity contribution >= 4 is 65.1 Å². The summed E-state index contributed by atoms with van der Waals surface area (Å²) < 4.78 is 0. The van der Waals surface area contributed by atoms with Crippen molar-refractivity contribution < 1.29 is 11.2 Å². The Morgan fingerprint density at radius 1 is 0.516 bits per heavy atom. The molecule has 6 heteroatoms. The molecular formula is C25H21Cl4CuP. The summed E-state index contributed by atoms with van der Waals surface area (Å²) in [5.74, 6) is 0. The van der Waals surface area contributed by atoms with Crippen LogP contribution in [0.4, 0.5) is 0 Å². The summed E-state index contributed by atoms with van der Waals surface area (Å²) in [6.45, 7) is 0. The van der Waals surface area contributed by atoms with Gasteiger partial charge in [-0.05, 0) is 54.1 Å². The van der Waals surface area contributed by atoms with Crippen molar-refractivity contribution in [3.63, 3.8) is 0 Å². The van der Waals surface area contributed by atoms with Gasteiger partial charge >= 0.3 is 41.5 Å². The first-order valence-corrected chi connectivity index (χ1v) is 15.7. The number of hydrogen-bond donors (Lipinski definition) is 0. The third-order valence-corrected chi connectivity index (χ3v) is 9.55. The molecule has 0 aliphatic carbocycles. The molecule has 0 bridgehead atoms. The van der Waals surface area contributed by atoms with E-state index in [9.17, 15) is 0 Å². The maximum atomic E-state index is 6.14. The molecule has 4 aromatic rings. The minimum absolute atomic E-state index is 0.779. The van der Waals surface area contributed by atoms with Gasteiger partial charge in [-0.1, -0.05) is 78.3 Å². The maximum absolute atomic E-state index is 6.14. The fourth-order valence-corrected chi connectivity index (χ4v) is 8.00. The minimum atomic E-state index is -1.83. The van der Waals surface area contributed by atoms with E-state index < -0.39 is 18.4 Å². The van der Waals surface area contributed by atoms with E-state index in [1.54, 1.807) is 0 Å². The van der Waals surface area contributed by atoms with Gasteiger partial charge in [0, 0.05) is 5.02 Å². The van der Waals surface area contributed by atoms with Gasteiger partial charge in [-0.25, -0.2) is 0 Å². The van der Waals surface area contributed by atoms with Crippen molar-refractivity contribution in [2.45, 2.75) is 6.16 Å². The molecule has 4 aromatic carbocycles. The van der Waals surface area contributed by atoms with E-state index >= 15 is 0 Å². The van der Waals surface area contributed by atoms with Gasteiger partial charge in [-0.3, -0.25) is 0 Å². The second-order valence-corrected chi connectivity index (χ2v) is 15.3. The second kappa shape index (κ2) is 12.3. The number of rotatable bonds is 5. The van der Waals surface area contributed by atoms with Crippen molar-refractivity contribution in [2.24, 2.45) is 0 Å². The molecule has 0 atom stereocenters. The molecule has 0 fully saturated rings. The van der Waals surface area contributed by atoms with Crippen LogP contribution in [0, 0.1) is 0 Å². The first kappa shape index (κ1) is 24.6. The molecule has 0 aliphatic rings. The van der Waals surface area contributed by atoms with E-state index in [2.05, 4.69) is 103 Å². The van der Waals surface area contributed by atoms with Crippen molar-refractivity contribution in [3.8, 4) is 0 Å². The van der Waals surface area contributed by atoms with Crippen LogP contribution in [-0.4, -0.2) is 0 Å². The number of benzene rings is 4. The summed E-state index contributed by atoms with van der Waals surface area (Å²) in [4.78, 5) is 0. The van der Waals surface area contributed by atoms with Crippen molar-refractivity contribution in [1.29, 1.82) is 0 Å². The molecule has 0 saturated heterocycles. The Balaban J connectivity index is 0.000000628. The standard InChI is InChI=1S/C25H21ClP.3ClH.Cu/c26-22-18-16-21(17-19-22)20-27(23-10-4-1-5-11-23,24-12-6-2-7-13-24)25-14-8-3-9-15-25;;;;/h1-19H,20H2;3*1H;/q+1;;;;+2/p-3. The van der Waals surface area contributed by atoms with Gasteiger partial charge in [-0.2, -0.15) is 0 Å². The van der Waals surface area contributed by atoms with Crippen LogP contribution >= 0.6 is 49.2 Å². The molecule has 0 nitrogen and oxygen atoms in total. The molecular weight excluding hydrogens is 537 g/mol. The molecule has 0 N–H and O–H groups in total. The van der Waals surface area contributed by atoms with Crippen LogP contribution in [0.25, 0.3) is 0 Å². The van der Waals surface area contributed by atoms with Crippen LogP contribution in [0.1, 0.15) is 5.56 Å². The Morgan fingerprint density at radius 2 is 0.839 bits per heavy atom. The van der Waals surface area contributed by atoms with Gasteiger partial charge < -0.3 is 0 Å². The third-order valence-electron chi connectivity index (χ3n) is 4.92. The van der Waals surface area contributed by atoms with E-state index in [1.165, 1.54) is 21.5 Å². The van der Waals surface area contributed by atoms with E-state index in [0.717, 1.165) is 11.2 Å². The van der Waals surface area contributed by atoms with Crippen LogP contribution in [0.15, 0.2) is 115 Å². The van der Waals surface area contributed by atoms with E-state index in [-0.39, 0.29) is 0 Å². The molecule has 0 aromatic heterocycles. The van der Waals surface area contributed by atoms with Crippen molar-refractivity contribution in [1.82, 2.24) is 0 Å². The predicted molar refractivity (Wildman–Crippen MR) is 138 cm³/mol. The van der Waals surface area contributed by atoms with Crippen LogP contribution in [0.2, 0.25) is 5.02 Å². The molecule has 0 saturated carbocycles. The summed E-state index contributed by atoms with van der Waals surface area (Å²) >= 11 is 5.25. The number of hydrogen-bond acceptors (Lipinski definition) is 0. The van der Waals surface area contributed by atoms with E-state index in [4.69, 9.17) is 41.9 Å². The van der Waals surface area contributed by atoms with Crippen LogP contribution in [-0.2, 0) is 17.3 Å². The SMILES string of the molecule is Clc1ccc(C[P+](c2ccccc2)(c2ccccc2)c2ccccc2)cc1.[Cl][Cu-]([Cl])[Cl]. The van der Waals surface area contributed by atoms with Gasteiger partial charge in [0.2, 0.25) is 0 Å². The fourth-order valence-electron chi connectivity index (χ4n) is 3.63. The monoisotopic (exact) mass is 555 g/mol. The van der Waals surface area contributed by atoms with Gasteiger partial charge in [0.25, 0.3) is 0 Å². The summed E-state index contributed by atoms with van der Waals surface area (Å²) in [6, 6.07) is 41.2. The molecule has 0 spiro atoms. The predicted octanol–water partition coefficient (Wildman–Crippen LogP) is 7.90. The summed E-state index contributed by atoms with van der Waals surface area (Å²) in [5.41, 5.74) is 1.31. The van der Waals surface area contributed by atoms with Gasteiger partial charge in [0.1, 0.15) is 23.2 Å². The topological polar surface area (TPSA) is 0 Å². The quantitative estimate of drug-likeness (QED) is 0.173.